The number of hydrogen-bond acceptors (Lipinski definition) is 3. The third-order valence-electron chi connectivity index (χ3n) is 3.57. The summed E-state index contributed by atoms with van der Waals surface area (Å²) in [6.07, 6.45) is 3.46. The van der Waals surface area contributed by atoms with Crippen molar-refractivity contribution in [3.63, 3.8) is 0 Å². The van der Waals surface area contributed by atoms with E-state index in [2.05, 4.69) is 5.32 Å². The number of rotatable bonds is 5. The summed E-state index contributed by atoms with van der Waals surface area (Å²) in [5, 5.41) is 12.6. The molecule has 4 nitrogen and oxygen atoms in total. The predicted octanol–water partition coefficient (Wildman–Crippen LogP) is 0.393. The van der Waals surface area contributed by atoms with Gasteiger partial charge in [0.2, 0.25) is 5.91 Å². The van der Waals surface area contributed by atoms with Gasteiger partial charge in [-0.3, -0.25) is 4.79 Å². The molecule has 1 unspecified atom stereocenters. The first-order valence-electron chi connectivity index (χ1n) is 5.66. The molecular weight excluding hydrogens is 192 g/mol. The van der Waals surface area contributed by atoms with E-state index >= 15 is 0 Å². The Kier molecular flexibility index (Phi) is 3.73. The van der Waals surface area contributed by atoms with E-state index in [0.29, 0.717) is 19.5 Å². The first-order chi connectivity index (χ1) is 6.96. The fraction of sp³-hybridized carbons (Fsp3) is 0.909. The van der Waals surface area contributed by atoms with Crippen LogP contribution in [0.2, 0.25) is 0 Å². The molecule has 1 amide bonds. The summed E-state index contributed by atoms with van der Waals surface area (Å²) < 4.78 is 0. The van der Waals surface area contributed by atoms with Crippen LogP contribution in [0.15, 0.2) is 0 Å². The van der Waals surface area contributed by atoms with Gasteiger partial charge in [-0.15, -0.1) is 0 Å². The van der Waals surface area contributed by atoms with Crippen molar-refractivity contribution in [2.45, 2.75) is 45.1 Å². The highest BCUT2D eigenvalue weighted by atomic mass is 16.3. The quantitative estimate of drug-likeness (QED) is 0.620. The van der Waals surface area contributed by atoms with Crippen LogP contribution in [-0.4, -0.2) is 29.7 Å². The monoisotopic (exact) mass is 214 g/mol. The van der Waals surface area contributed by atoms with Crippen LogP contribution in [0, 0.1) is 5.41 Å². The molecule has 4 heteroatoms. The van der Waals surface area contributed by atoms with Crippen LogP contribution in [0.25, 0.3) is 0 Å². The van der Waals surface area contributed by atoms with Gasteiger partial charge in [-0.05, 0) is 26.2 Å². The van der Waals surface area contributed by atoms with Crippen LogP contribution in [0.3, 0.4) is 0 Å². The topological polar surface area (TPSA) is 75.3 Å². The molecule has 15 heavy (non-hydrogen) atoms. The molecule has 88 valence electrons. The Balaban J connectivity index is 2.42. The summed E-state index contributed by atoms with van der Waals surface area (Å²) in [5.41, 5.74) is 4.46. The van der Waals surface area contributed by atoms with Gasteiger partial charge in [0, 0.05) is 13.1 Å². The highest BCUT2D eigenvalue weighted by Gasteiger charge is 2.43. The van der Waals surface area contributed by atoms with E-state index in [1.807, 2.05) is 6.92 Å². The zero-order valence-corrected chi connectivity index (χ0v) is 9.68. The van der Waals surface area contributed by atoms with Crippen LogP contribution < -0.4 is 11.1 Å². The molecule has 1 rings (SSSR count). The lowest BCUT2D eigenvalue weighted by molar-refractivity contribution is -0.136. The highest BCUT2D eigenvalue weighted by Crippen LogP contribution is 2.40. The molecule has 0 aliphatic heterocycles. The van der Waals surface area contributed by atoms with Crippen LogP contribution in [0.5, 0.6) is 0 Å². The van der Waals surface area contributed by atoms with Gasteiger partial charge < -0.3 is 16.2 Å². The average molecular weight is 214 g/mol. The average Bonchev–Trinajstić information content (AvgIpc) is 2.14. The lowest BCUT2D eigenvalue weighted by Gasteiger charge is -2.39. The van der Waals surface area contributed by atoms with Gasteiger partial charge >= 0.3 is 0 Å². The van der Waals surface area contributed by atoms with Crippen LogP contribution in [0.4, 0.5) is 0 Å². The molecule has 1 atom stereocenters. The molecular formula is C11H22N2O2. The number of carbonyl (C=O) groups is 1. The van der Waals surface area contributed by atoms with E-state index in [1.54, 1.807) is 6.92 Å². The van der Waals surface area contributed by atoms with E-state index in [4.69, 9.17) is 5.73 Å². The normalized spacial score (nSPS) is 22.7. The molecule has 0 spiro atoms. The maximum absolute atomic E-state index is 11.8. The Labute approximate surface area is 91.2 Å². The molecule has 0 aromatic rings. The third-order valence-corrected chi connectivity index (χ3v) is 3.57. The molecule has 0 aromatic heterocycles. The SMILES string of the molecule is CCC(C)(O)CNC(=O)C1(CN)CCC1. The maximum atomic E-state index is 11.8. The minimum Gasteiger partial charge on any atom is -0.388 e. The minimum atomic E-state index is -0.810. The van der Waals surface area contributed by atoms with E-state index in [9.17, 15) is 9.90 Å². The Hall–Kier alpha value is -0.610. The summed E-state index contributed by atoms with van der Waals surface area (Å²) in [5.74, 6) is 0.00461. The maximum Gasteiger partial charge on any atom is 0.227 e. The van der Waals surface area contributed by atoms with Crippen molar-refractivity contribution in [3.05, 3.63) is 0 Å². The lowest BCUT2D eigenvalue weighted by atomic mass is 9.68. The number of amides is 1. The molecule has 0 bridgehead atoms. The fourth-order valence-corrected chi connectivity index (χ4v) is 1.71. The Morgan fingerprint density at radius 1 is 1.60 bits per heavy atom. The summed E-state index contributed by atoms with van der Waals surface area (Å²) in [6.45, 7) is 4.34. The van der Waals surface area contributed by atoms with Crippen molar-refractivity contribution in [2.24, 2.45) is 11.1 Å². The summed E-state index contributed by atoms with van der Waals surface area (Å²) in [6, 6.07) is 0. The number of aliphatic hydroxyl groups is 1. The Bertz CT molecular complexity index is 229. The molecule has 0 aromatic carbocycles. The van der Waals surface area contributed by atoms with Crippen LogP contribution >= 0.6 is 0 Å². The smallest absolute Gasteiger partial charge is 0.227 e. The van der Waals surface area contributed by atoms with Crippen molar-refractivity contribution in [3.8, 4) is 0 Å². The first-order valence-corrected chi connectivity index (χ1v) is 5.66. The molecule has 4 N–H and O–H groups in total. The van der Waals surface area contributed by atoms with Crippen LogP contribution in [-0.2, 0) is 4.79 Å². The van der Waals surface area contributed by atoms with E-state index in [-0.39, 0.29) is 11.3 Å². The Morgan fingerprint density at radius 3 is 2.53 bits per heavy atom. The summed E-state index contributed by atoms with van der Waals surface area (Å²) in [7, 11) is 0. The van der Waals surface area contributed by atoms with E-state index < -0.39 is 5.60 Å². The van der Waals surface area contributed by atoms with Crippen molar-refractivity contribution < 1.29 is 9.90 Å². The van der Waals surface area contributed by atoms with Gasteiger partial charge in [-0.1, -0.05) is 13.3 Å². The first kappa shape index (κ1) is 12.5. The summed E-state index contributed by atoms with van der Waals surface area (Å²) >= 11 is 0. The fourth-order valence-electron chi connectivity index (χ4n) is 1.71. The zero-order valence-electron chi connectivity index (χ0n) is 9.68. The number of carbonyl (C=O) groups excluding carboxylic acids is 1. The third kappa shape index (κ3) is 2.69. The standard InChI is InChI=1S/C11H22N2O2/c1-3-10(2,15)8-13-9(14)11(7-12)5-4-6-11/h15H,3-8,12H2,1-2H3,(H,13,14). The van der Waals surface area contributed by atoms with Gasteiger partial charge in [0.1, 0.15) is 0 Å². The van der Waals surface area contributed by atoms with Crippen LogP contribution in [0.1, 0.15) is 39.5 Å². The van der Waals surface area contributed by atoms with Gasteiger partial charge in [0.15, 0.2) is 0 Å². The zero-order chi connectivity index (χ0) is 11.5. The summed E-state index contributed by atoms with van der Waals surface area (Å²) in [4.78, 5) is 11.8. The van der Waals surface area contributed by atoms with Gasteiger partial charge in [0.05, 0.1) is 11.0 Å². The molecule has 0 heterocycles. The second-order valence-electron chi connectivity index (χ2n) is 4.87. The molecule has 1 aliphatic carbocycles. The second kappa shape index (κ2) is 4.49. The van der Waals surface area contributed by atoms with Crippen molar-refractivity contribution in [1.82, 2.24) is 5.32 Å². The Morgan fingerprint density at radius 2 is 2.20 bits per heavy atom. The van der Waals surface area contributed by atoms with Gasteiger partial charge in [-0.25, -0.2) is 0 Å². The number of nitrogens with two attached hydrogens (primary N) is 1. The number of nitrogens with one attached hydrogen (secondary N) is 1. The van der Waals surface area contributed by atoms with Crippen molar-refractivity contribution in [2.75, 3.05) is 13.1 Å². The largest absolute Gasteiger partial charge is 0.388 e. The molecule has 1 fully saturated rings. The van der Waals surface area contributed by atoms with Crippen molar-refractivity contribution >= 4 is 5.91 Å². The highest BCUT2D eigenvalue weighted by molar-refractivity contribution is 5.83. The lowest BCUT2D eigenvalue weighted by Crippen LogP contribution is -2.53. The van der Waals surface area contributed by atoms with Gasteiger partial charge in [0.25, 0.3) is 0 Å². The second-order valence-corrected chi connectivity index (χ2v) is 4.87. The van der Waals surface area contributed by atoms with E-state index in [1.165, 1.54) is 0 Å². The molecule has 1 aliphatic rings. The molecule has 0 saturated heterocycles. The number of hydrogen-bond donors (Lipinski definition) is 3. The molecule has 0 radical (unpaired) electrons. The minimum absolute atomic E-state index is 0.00461. The molecule has 1 saturated carbocycles. The predicted molar refractivity (Wildman–Crippen MR) is 59.3 cm³/mol. The van der Waals surface area contributed by atoms with E-state index in [0.717, 1.165) is 19.3 Å². The van der Waals surface area contributed by atoms with Gasteiger partial charge in [-0.2, -0.15) is 0 Å². The van der Waals surface area contributed by atoms with Crippen molar-refractivity contribution in [1.29, 1.82) is 0 Å².